The number of phenolic OH excluding ortho intramolecular Hbond substituents is 1. The number of nitrogens with one attached hydrogen (secondary N) is 1. The summed E-state index contributed by atoms with van der Waals surface area (Å²) in [5, 5.41) is 13.2. The number of aromatic nitrogens is 1. The number of carbonyl (C=O) groups is 3. The van der Waals surface area contributed by atoms with Gasteiger partial charge in [0, 0.05) is 59.7 Å². The Kier molecular flexibility index (Phi) is 8.60. The maximum atomic E-state index is 14.0. The second kappa shape index (κ2) is 13.2. The Labute approximate surface area is 300 Å². The van der Waals surface area contributed by atoms with Crippen molar-refractivity contribution < 1.29 is 29.0 Å². The number of hydrogen-bond donors (Lipinski definition) is 2. The van der Waals surface area contributed by atoms with Gasteiger partial charge in [0.1, 0.15) is 18.1 Å². The van der Waals surface area contributed by atoms with Crippen LogP contribution in [0, 0.1) is 5.41 Å². The van der Waals surface area contributed by atoms with Gasteiger partial charge < -0.3 is 24.5 Å². The van der Waals surface area contributed by atoms with Crippen LogP contribution in [0.5, 0.6) is 17.2 Å². The van der Waals surface area contributed by atoms with Crippen molar-refractivity contribution in [3.63, 3.8) is 0 Å². The van der Waals surface area contributed by atoms with Crippen LogP contribution >= 0.6 is 11.6 Å². The quantitative estimate of drug-likeness (QED) is 0.134. The highest BCUT2D eigenvalue weighted by atomic mass is 35.5. The fourth-order valence-corrected chi connectivity index (χ4v) is 8.37. The maximum Gasteiger partial charge on any atom is 0.274 e. The number of methoxy groups -OCH3 is 1. The molecule has 0 radical (unpaired) electrons. The second-order valence-electron chi connectivity index (χ2n) is 13.8. The first kappa shape index (κ1) is 33.1. The number of aromatic amines is 1. The molecule has 10 nitrogen and oxygen atoms in total. The van der Waals surface area contributed by atoms with Crippen molar-refractivity contribution in [1.29, 1.82) is 0 Å². The summed E-state index contributed by atoms with van der Waals surface area (Å²) in [6.45, 7) is 3.01. The predicted octanol–water partition coefficient (Wildman–Crippen LogP) is 6.44. The molecule has 262 valence electrons. The van der Waals surface area contributed by atoms with Crippen LogP contribution in [0.25, 0.3) is 21.7 Å². The number of ether oxygens (including phenoxy) is 2. The van der Waals surface area contributed by atoms with Gasteiger partial charge in [0.15, 0.2) is 11.5 Å². The molecular formula is C40H39ClN4O6. The van der Waals surface area contributed by atoms with E-state index in [1.165, 1.54) is 17.6 Å². The summed E-state index contributed by atoms with van der Waals surface area (Å²) < 4.78 is 11.7. The molecule has 0 bridgehead atoms. The van der Waals surface area contributed by atoms with Crippen molar-refractivity contribution in [3.8, 4) is 17.2 Å². The van der Waals surface area contributed by atoms with Gasteiger partial charge in [-0.1, -0.05) is 54.6 Å². The van der Waals surface area contributed by atoms with Crippen LogP contribution in [0.4, 0.5) is 5.69 Å². The second-order valence-corrected chi connectivity index (χ2v) is 14.1. The van der Waals surface area contributed by atoms with Crippen LogP contribution in [0.1, 0.15) is 46.8 Å². The van der Waals surface area contributed by atoms with E-state index in [4.69, 9.17) is 21.1 Å². The number of aromatic hydroxyl groups is 1. The molecule has 1 atom stereocenters. The molecular weight excluding hydrogens is 668 g/mol. The van der Waals surface area contributed by atoms with Crippen LogP contribution < -0.4 is 14.4 Å². The van der Waals surface area contributed by atoms with E-state index < -0.39 is 5.41 Å². The minimum Gasteiger partial charge on any atom is -0.507 e. The minimum absolute atomic E-state index is 0.0858. The molecule has 1 spiro atoms. The number of rotatable bonds is 9. The third-order valence-corrected chi connectivity index (χ3v) is 11.2. The highest BCUT2D eigenvalue weighted by molar-refractivity contribution is 6.19. The zero-order valence-corrected chi connectivity index (χ0v) is 29.1. The van der Waals surface area contributed by atoms with Gasteiger partial charge in [-0.2, -0.15) is 0 Å². The topological polar surface area (TPSA) is 115 Å². The van der Waals surface area contributed by atoms with Crippen LogP contribution in [0.3, 0.4) is 0 Å². The van der Waals surface area contributed by atoms with Gasteiger partial charge in [-0.15, -0.1) is 11.6 Å². The molecule has 11 heteroatoms. The third kappa shape index (κ3) is 5.86. The number of benzene rings is 4. The average Bonchev–Trinajstić information content (AvgIpc) is 3.81. The van der Waals surface area contributed by atoms with Gasteiger partial charge in [0.05, 0.1) is 24.8 Å². The smallest absolute Gasteiger partial charge is 0.274 e. The number of H-pyrrole nitrogens is 1. The number of carbonyl (C=O) groups excluding carboxylic acids is 3. The lowest BCUT2D eigenvalue weighted by Gasteiger charge is -2.37. The van der Waals surface area contributed by atoms with E-state index >= 15 is 0 Å². The van der Waals surface area contributed by atoms with E-state index in [0.717, 1.165) is 41.4 Å². The molecule has 3 aliphatic heterocycles. The normalized spacial score (nSPS) is 18.7. The van der Waals surface area contributed by atoms with Gasteiger partial charge in [0.2, 0.25) is 11.8 Å². The molecule has 4 heterocycles. The lowest BCUT2D eigenvalue weighted by atomic mass is 9.77. The first-order chi connectivity index (χ1) is 24.8. The van der Waals surface area contributed by atoms with E-state index in [-0.39, 0.29) is 49.0 Å². The molecule has 8 rings (SSSR count). The fraction of sp³-hybridized carbons (Fsp3) is 0.325. The molecule has 3 amide bonds. The summed E-state index contributed by atoms with van der Waals surface area (Å²) >= 11 is 6.40. The summed E-state index contributed by atoms with van der Waals surface area (Å²) in [5.74, 6) is 0.743. The summed E-state index contributed by atoms with van der Waals surface area (Å²) in [4.78, 5) is 49.3. The molecule has 2 fully saturated rings. The molecule has 2 N–H and O–H groups in total. The number of imide groups is 1. The van der Waals surface area contributed by atoms with Crippen LogP contribution in [0.15, 0.2) is 78.9 Å². The van der Waals surface area contributed by atoms with Crippen molar-refractivity contribution in [3.05, 3.63) is 95.7 Å². The number of likely N-dealkylation sites (tertiary alicyclic amines) is 2. The third-order valence-electron chi connectivity index (χ3n) is 10.8. The van der Waals surface area contributed by atoms with Crippen molar-refractivity contribution in [2.45, 2.75) is 31.7 Å². The molecule has 5 aromatic rings. The number of anilines is 1. The lowest BCUT2D eigenvalue weighted by Crippen LogP contribution is -2.45. The lowest BCUT2D eigenvalue weighted by molar-refractivity contribution is -0.143. The van der Waals surface area contributed by atoms with E-state index in [2.05, 4.69) is 22.0 Å². The van der Waals surface area contributed by atoms with Crippen LogP contribution in [-0.2, 0) is 16.1 Å². The zero-order valence-electron chi connectivity index (χ0n) is 28.4. The van der Waals surface area contributed by atoms with E-state index in [9.17, 15) is 19.5 Å². The number of piperidine rings is 1. The summed E-state index contributed by atoms with van der Waals surface area (Å²) in [6, 6.07) is 24.8. The van der Waals surface area contributed by atoms with Gasteiger partial charge in [-0.25, -0.2) is 0 Å². The molecule has 3 aliphatic rings. The number of nitrogens with zero attached hydrogens (tertiary/aromatic N) is 3. The number of fused-ring (bicyclic) bond motifs is 4. The Balaban J connectivity index is 0.949. The van der Waals surface area contributed by atoms with E-state index in [0.29, 0.717) is 53.7 Å². The Morgan fingerprint density at radius 3 is 2.47 bits per heavy atom. The van der Waals surface area contributed by atoms with E-state index in [1.807, 2.05) is 42.5 Å². The zero-order chi connectivity index (χ0) is 35.3. The number of hydrogen-bond acceptors (Lipinski definition) is 7. The molecule has 1 unspecified atom stereocenters. The molecule has 0 aliphatic carbocycles. The number of halogens is 1. The Hall–Kier alpha value is -5.06. The summed E-state index contributed by atoms with van der Waals surface area (Å²) in [5.41, 5.74) is 3.25. The van der Waals surface area contributed by atoms with Crippen molar-refractivity contribution in [1.82, 2.24) is 14.8 Å². The largest absolute Gasteiger partial charge is 0.507 e. The minimum atomic E-state index is -0.638. The highest BCUT2D eigenvalue weighted by Crippen LogP contribution is 2.46. The van der Waals surface area contributed by atoms with Crippen molar-refractivity contribution >= 4 is 56.7 Å². The number of phenols is 1. The van der Waals surface area contributed by atoms with Gasteiger partial charge in [-0.3, -0.25) is 24.2 Å². The molecule has 2 saturated heterocycles. The Morgan fingerprint density at radius 1 is 0.980 bits per heavy atom. The van der Waals surface area contributed by atoms with Crippen LogP contribution in [0.2, 0.25) is 0 Å². The molecule has 1 aromatic heterocycles. The number of alkyl halides is 1. The van der Waals surface area contributed by atoms with Gasteiger partial charge >= 0.3 is 0 Å². The molecule has 4 aromatic carbocycles. The summed E-state index contributed by atoms with van der Waals surface area (Å²) in [7, 11) is 1.54. The van der Waals surface area contributed by atoms with Gasteiger partial charge in [-0.05, 0) is 54.6 Å². The predicted molar refractivity (Wildman–Crippen MR) is 196 cm³/mol. The van der Waals surface area contributed by atoms with Crippen LogP contribution in [-0.4, -0.2) is 83.4 Å². The standard InChI is InChI=1S/C40H39ClN4O6/c1-50-34-19-30-26(17-31(42-30)38(48)45-24-27(22-41)37-29-10-6-5-9-28(29)33(46)20-32(37)45)18-35(34)51-16-15-44-36(47)21-40(39(44)49)11-13-43(14-12-40)23-25-7-3-2-4-8-25/h2-10,17-20,27,42,46H,11-16,21-24H2,1H3. The Morgan fingerprint density at radius 2 is 1.73 bits per heavy atom. The highest BCUT2D eigenvalue weighted by Gasteiger charge is 2.52. The molecule has 0 saturated carbocycles. The fourth-order valence-electron chi connectivity index (χ4n) is 8.12. The summed E-state index contributed by atoms with van der Waals surface area (Å²) in [6.07, 6.45) is 1.56. The average molecular weight is 707 g/mol. The monoisotopic (exact) mass is 706 g/mol. The first-order valence-electron chi connectivity index (χ1n) is 17.4. The van der Waals surface area contributed by atoms with Crippen molar-refractivity contribution in [2.75, 3.05) is 50.7 Å². The SMILES string of the molecule is COc1cc2[nH]c(C(=O)N3CC(CCl)c4c3cc(O)c3ccccc43)cc2cc1OCCN1C(=O)CC2(CCN(Cc3ccccc3)CC2)C1=O. The van der Waals surface area contributed by atoms with Gasteiger partial charge in [0.25, 0.3) is 5.91 Å². The molecule has 51 heavy (non-hydrogen) atoms. The van der Waals surface area contributed by atoms with Crippen molar-refractivity contribution in [2.24, 2.45) is 5.41 Å². The maximum absolute atomic E-state index is 14.0. The number of amides is 3. The Bertz CT molecular complexity index is 2160. The first-order valence-corrected chi connectivity index (χ1v) is 17.9. The van der Waals surface area contributed by atoms with E-state index in [1.54, 1.807) is 29.2 Å².